The van der Waals surface area contributed by atoms with E-state index in [-0.39, 0.29) is 0 Å². The van der Waals surface area contributed by atoms with Crippen molar-refractivity contribution in [3.05, 3.63) is 78.4 Å². The van der Waals surface area contributed by atoms with Crippen LogP contribution in [0.5, 0.6) is 5.75 Å². The van der Waals surface area contributed by atoms with Gasteiger partial charge < -0.3 is 5.11 Å². The van der Waals surface area contributed by atoms with E-state index in [9.17, 15) is 5.11 Å². The second kappa shape index (κ2) is 5.87. The summed E-state index contributed by atoms with van der Waals surface area (Å²) in [5.41, 5.74) is 3.05. The topological polar surface area (TPSA) is 20.2 Å². The van der Waals surface area contributed by atoms with E-state index in [0.717, 1.165) is 23.1 Å². The number of benzene rings is 2. The fraction of sp³-hybridized carbons (Fsp3) is 0.0588. The predicted octanol–water partition coefficient (Wildman–Crippen LogP) is 4.51. The molecule has 1 heteroatoms. The van der Waals surface area contributed by atoms with Crippen molar-refractivity contribution < 1.29 is 5.11 Å². The van der Waals surface area contributed by atoms with Gasteiger partial charge in [-0.2, -0.15) is 0 Å². The molecule has 0 spiro atoms. The van der Waals surface area contributed by atoms with E-state index in [4.69, 9.17) is 0 Å². The molecule has 2 rings (SSSR count). The summed E-state index contributed by atoms with van der Waals surface area (Å²) in [6, 6.07) is 17.5. The molecule has 0 atom stereocenters. The van der Waals surface area contributed by atoms with E-state index in [1.807, 2.05) is 54.6 Å². The van der Waals surface area contributed by atoms with Crippen molar-refractivity contribution in [2.75, 3.05) is 0 Å². The summed E-state index contributed by atoms with van der Waals surface area (Å²) in [5.74, 6) is 0.307. The third-order valence-corrected chi connectivity index (χ3v) is 2.75. The lowest BCUT2D eigenvalue weighted by Gasteiger charge is -2.08. The minimum absolute atomic E-state index is 0.307. The summed E-state index contributed by atoms with van der Waals surface area (Å²) in [5, 5.41) is 9.91. The second-order valence-electron chi connectivity index (χ2n) is 4.09. The smallest absolute Gasteiger partial charge is 0.123 e. The van der Waals surface area contributed by atoms with Crippen molar-refractivity contribution in [2.45, 2.75) is 6.42 Å². The first-order valence-electron chi connectivity index (χ1n) is 5.96. The maximum absolute atomic E-state index is 9.91. The zero-order valence-electron chi connectivity index (χ0n) is 10.2. The summed E-state index contributed by atoms with van der Waals surface area (Å²) in [7, 11) is 0. The predicted molar refractivity (Wildman–Crippen MR) is 77.2 cm³/mol. The lowest BCUT2D eigenvalue weighted by Crippen LogP contribution is -1.85. The Labute approximate surface area is 108 Å². The Morgan fingerprint density at radius 2 is 1.67 bits per heavy atom. The van der Waals surface area contributed by atoms with Gasteiger partial charge in [0.25, 0.3) is 0 Å². The molecule has 0 radical (unpaired) electrons. The van der Waals surface area contributed by atoms with Gasteiger partial charge >= 0.3 is 0 Å². The van der Waals surface area contributed by atoms with Gasteiger partial charge in [-0.25, -0.2) is 0 Å². The Balaban J connectivity index is 2.44. The summed E-state index contributed by atoms with van der Waals surface area (Å²) in [6.07, 6.45) is 4.66. The number of rotatable bonds is 4. The molecular weight excluding hydrogens is 220 g/mol. The molecule has 90 valence electrons. The summed E-state index contributed by atoms with van der Waals surface area (Å²) >= 11 is 0. The first kappa shape index (κ1) is 12.2. The van der Waals surface area contributed by atoms with Gasteiger partial charge in [-0.05, 0) is 23.6 Å². The summed E-state index contributed by atoms with van der Waals surface area (Å²) in [6.45, 7) is 3.77. The molecule has 0 aliphatic rings. The van der Waals surface area contributed by atoms with E-state index in [1.165, 1.54) is 0 Å². The first-order chi connectivity index (χ1) is 8.81. The van der Waals surface area contributed by atoms with Gasteiger partial charge in [-0.15, -0.1) is 6.58 Å². The van der Waals surface area contributed by atoms with Gasteiger partial charge in [0.1, 0.15) is 5.75 Å². The zero-order chi connectivity index (χ0) is 12.8. The van der Waals surface area contributed by atoms with Gasteiger partial charge in [0.05, 0.1) is 0 Å². The highest BCUT2D eigenvalue weighted by Crippen LogP contribution is 2.29. The molecular formula is C17H16O. The maximum atomic E-state index is 9.91. The summed E-state index contributed by atoms with van der Waals surface area (Å²) < 4.78 is 0. The van der Waals surface area contributed by atoms with Crippen LogP contribution in [0, 0.1) is 0 Å². The Bertz CT molecular complexity index is 553. The number of aromatic hydroxyl groups is 1. The largest absolute Gasteiger partial charge is 0.507 e. The third-order valence-electron chi connectivity index (χ3n) is 2.75. The Kier molecular flexibility index (Phi) is 3.98. The number of para-hydroxylation sites is 1. The highest BCUT2D eigenvalue weighted by molar-refractivity contribution is 5.84. The van der Waals surface area contributed by atoms with Crippen LogP contribution in [-0.4, -0.2) is 5.11 Å². The molecule has 0 aromatic heterocycles. The van der Waals surface area contributed by atoms with E-state index >= 15 is 0 Å². The van der Waals surface area contributed by atoms with Crippen molar-refractivity contribution in [3.63, 3.8) is 0 Å². The van der Waals surface area contributed by atoms with Gasteiger partial charge in [0.15, 0.2) is 0 Å². The van der Waals surface area contributed by atoms with Gasteiger partial charge in [0, 0.05) is 5.56 Å². The van der Waals surface area contributed by atoms with E-state index < -0.39 is 0 Å². The quantitative estimate of drug-likeness (QED) is 0.611. The third kappa shape index (κ3) is 2.89. The molecule has 0 aliphatic heterocycles. The molecule has 18 heavy (non-hydrogen) atoms. The number of phenolic OH excluding ortho intramolecular Hbond substituents is 1. The van der Waals surface area contributed by atoms with Crippen LogP contribution in [0.1, 0.15) is 17.5 Å². The standard InChI is InChI=1S/C17H16O/c1-2-8-15(13-14-9-4-3-5-10-14)16-11-6-7-12-17(16)18/h2-7,9-13,18H,1,8H2. The van der Waals surface area contributed by atoms with Crippen molar-refractivity contribution in [3.8, 4) is 5.75 Å². The lowest BCUT2D eigenvalue weighted by molar-refractivity contribution is 0.473. The van der Waals surface area contributed by atoms with Crippen LogP contribution >= 0.6 is 0 Å². The van der Waals surface area contributed by atoms with Crippen LogP contribution < -0.4 is 0 Å². The number of hydrogen-bond donors (Lipinski definition) is 1. The van der Waals surface area contributed by atoms with Crippen molar-refractivity contribution >= 4 is 11.6 Å². The fourth-order valence-electron chi connectivity index (χ4n) is 1.90. The minimum atomic E-state index is 0.307. The van der Waals surface area contributed by atoms with Crippen molar-refractivity contribution in [1.29, 1.82) is 0 Å². The zero-order valence-corrected chi connectivity index (χ0v) is 10.2. The minimum Gasteiger partial charge on any atom is -0.507 e. The molecule has 0 saturated carbocycles. The van der Waals surface area contributed by atoms with E-state index in [0.29, 0.717) is 5.75 Å². The van der Waals surface area contributed by atoms with Crippen LogP contribution in [0.15, 0.2) is 67.3 Å². The molecule has 1 nitrogen and oxygen atoms in total. The highest BCUT2D eigenvalue weighted by atomic mass is 16.3. The number of phenols is 1. The number of hydrogen-bond acceptors (Lipinski definition) is 1. The number of allylic oxidation sites excluding steroid dienone is 2. The van der Waals surface area contributed by atoms with Crippen LogP contribution in [-0.2, 0) is 0 Å². The lowest BCUT2D eigenvalue weighted by atomic mass is 9.99. The van der Waals surface area contributed by atoms with Crippen molar-refractivity contribution in [2.24, 2.45) is 0 Å². The highest BCUT2D eigenvalue weighted by Gasteiger charge is 2.05. The van der Waals surface area contributed by atoms with Gasteiger partial charge in [-0.1, -0.05) is 60.7 Å². The molecule has 0 aliphatic carbocycles. The van der Waals surface area contributed by atoms with Crippen LogP contribution in [0.25, 0.3) is 11.6 Å². The molecule has 0 saturated heterocycles. The average molecular weight is 236 g/mol. The molecule has 0 fully saturated rings. The molecule has 0 amide bonds. The molecule has 2 aromatic carbocycles. The maximum Gasteiger partial charge on any atom is 0.123 e. The monoisotopic (exact) mass is 236 g/mol. The molecule has 1 N–H and O–H groups in total. The first-order valence-corrected chi connectivity index (χ1v) is 5.96. The van der Waals surface area contributed by atoms with Gasteiger partial charge in [-0.3, -0.25) is 0 Å². The van der Waals surface area contributed by atoms with Crippen LogP contribution in [0.2, 0.25) is 0 Å². The fourth-order valence-corrected chi connectivity index (χ4v) is 1.90. The molecule has 2 aromatic rings. The Hall–Kier alpha value is -2.28. The van der Waals surface area contributed by atoms with Crippen LogP contribution in [0.3, 0.4) is 0 Å². The normalized spacial score (nSPS) is 11.2. The average Bonchev–Trinajstić information content (AvgIpc) is 2.40. The molecule has 0 bridgehead atoms. The Morgan fingerprint density at radius 3 is 2.33 bits per heavy atom. The molecule has 0 heterocycles. The van der Waals surface area contributed by atoms with Crippen molar-refractivity contribution in [1.82, 2.24) is 0 Å². The SMILES string of the molecule is C=CCC(=Cc1ccccc1)c1ccccc1O. The summed E-state index contributed by atoms with van der Waals surface area (Å²) in [4.78, 5) is 0. The van der Waals surface area contributed by atoms with Gasteiger partial charge in [0.2, 0.25) is 0 Å². The van der Waals surface area contributed by atoms with E-state index in [1.54, 1.807) is 6.07 Å². The second-order valence-corrected chi connectivity index (χ2v) is 4.09. The van der Waals surface area contributed by atoms with Crippen LogP contribution in [0.4, 0.5) is 0 Å². The molecule has 0 unspecified atom stereocenters. The van der Waals surface area contributed by atoms with E-state index in [2.05, 4.69) is 12.7 Å². The Morgan fingerprint density at radius 1 is 1.00 bits per heavy atom.